The fourth-order valence-electron chi connectivity index (χ4n) is 3.75. The molecule has 1 saturated carbocycles. The number of benzene rings is 2. The van der Waals surface area contributed by atoms with E-state index >= 15 is 0 Å². The molecular weight excluding hydrogens is 452 g/mol. The van der Waals surface area contributed by atoms with Crippen molar-refractivity contribution in [2.75, 3.05) is 13.1 Å². The van der Waals surface area contributed by atoms with E-state index in [0.717, 1.165) is 38.0 Å². The lowest BCUT2D eigenvalue weighted by Gasteiger charge is -2.29. The van der Waals surface area contributed by atoms with Crippen molar-refractivity contribution in [1.82, 2.24) is 10.6 Å². The van der Waals surface area contributed by atoms with Crippen molar-refractivity contribution in [3.05, 3.63) is 68.6 Å². The van der Waals surface area contributed by atoms with Gasteiger partial charge in [0, 0.05) is 22.0 Å². The van der Waals surface area contributed by atoms with Crippen molar-refractivity contribution < 1.29 is 0 Å². The quantitative estimate of drug-likeness (QED) is 0.492. The summed E-state index contributed by atoms with van der Waals surface area (Å²) in [6.07, 6.45) is 5.41. The summed E-state index contributed by atoms with van der Waals surface area (Å²) >= 11 is 7.25. The molecule has 2 nitrogen and oxygen atoms in total. The van der Waals surface area contributed by atoms with E-state index in [2.05, 4.69) is 91.0 Å². The molecule has 2 aromatic carbocycles. The highest BCUT2D eigenvalue weighted by Gasteiger charge is 2.20. The van der Waals surface area contributed by atoms with Crippen LogP contribution in [0.4, 0.5) is 0 Å². The Balaban J connectivity index is 1.30. The average molecular weight is 480 g/mol. The van der Waals surface area contributed by atoms with Crippen molar-refractivity contribution in [3.63, 3.8) is 0 Å². The molecule has 0 spiro atoms. The van der Waals surface area contributed by atoms with Crippen molar-refractivity contribution >= 4 is 31.9 Å². The molecule has 26 heavy (non-hydrogen) atoms. The van der Waals surface area contributed by atoms with Gasteiger partial charge in [-0.15, -0.1) is 0 Å². The van der Waals surface area contributed by atoms with Crippen LogP contribution in [0, 0.1) is 11.8 Å². The Hall–Kier alpha value is -0.680. The first-order valence-electron chi connectivity index (χ1n) is 9.60. The van der Waals surface area contributed by atoms with Crippen molar-refractivity contribution in [2.24, 2.45) is 11.8 Å². The normalized spacial score (nSPS) is 20.2. The fourth-order valence-corrected chi connectivity index (χ4v) is 4.60. The van der Waals surface area contributed by atoms with Gasteiger partial charge >= 0.3 is 0 Å². The van der Waals surface area contributed by atoms with Crippen molar-refractivity contribution in [2.45, 2.75) is 38.8 Å². The van der Waals surface area contributed by atoms with E-state index in [9.17, 15) is 0 Å². The molecule has 0 aliphatic heterocycles. The molecule has 2 aromatic rings. The molecule has 0 radical (unpaired) electrons. The number of hydrogen-bond donors (Lipinski definition) is 2. The number of halogens is 2. The second-order valence-electron chi connectivity index (χ2n) is 7.33. The molecule has 0 unspecified atom stereocenters. The third kappa shape index (κ3) is 6.19. The van der Waals surface area contributed by atoms with Crippen molar-refractivity contribution in [3.8, 4) is 0 Å². The van der Waals surface area contributed by atoms with E-state index in [0.29, 0.717) is 0 Å². The lowest BCUT2D eigenvalue weighted by molar-refractivity contribution is 0.261. The van der Waals surface area contributed by atoms with E-state index in [4.69, 9.17) is 0 Å². The maximum absolute atomic E-state index is 3.65. The van der Waals surface area contributed by atoms with Gasteiger partial charge in [0.05, 0.1) is 0 Å². The highest BCUT2D eigenvalue weighted by atomic mass is 79.9. The van der Waals surface area contributed by atoms with E-state index in [-0.39, 0.29) is 0 Å². The molecule has 1 fully saturated rings. The summed E-state index contributed by atoms with van der Waals surface area (Å²) < 4.78 is 2.40. The van der Waals surface area contributed by atoms with Gasteiger partial charge in [0.1, 0.15) is 0 Å². The molecule has 0 saturated heterocycles. The Kier molecular flexibility index (Phi) is 8.18. The molecule has 0 bridgehead atoms. The summed E-state index contributed by atoms with van der Waals surface area (Å²) in [6, 6.07) is 16.9. The van der Waals surface area contributed by atoms with Gasteiger partial charge in [-0.05, 0) is 73.9 Å². The van der Waals surface area contributed by atoms with Gasteiger partial charge in [0.2, 0.25) is 0 Å². The Bertz CT molecular complexity index is 622. The minimum Gasteiger partial charge on any atom is -0.312 e. The first-order valence-corrected chi connectivity index (χ1v) is 11.2. The smallest absolute Gasteiger partial charge is 0.0220 e. The Morgan fingerprint density at radius 2 is 1.04 bits per heavy atom. The van der Waals surface area contributed by atoms with E-state index in [1.165, 1.54) is 45.8 Å². The molecule has 1 aliphatic carbocycles. The number of hydrogen-bond acceptors (Lipinski definition) is 2. The summed E-state index contributed by atoms with van der Waals surface area (Å²) in [5, 5.41) is 7.29. The molecule has 140 valence electrons. The Morgan fingerprint density at radius 1 is 0.654 bits per heavy atom. The molecular formula is C22H28Br2N2. The van der Waals surface area contributed by atoms with E-state index < -0.39 is 0 Å². The summed E-state index contributed by atoms with van der Waals surface area (Å²) in [5.41, 5.74) is 2.69. The topological polar surface area (TPSA) is 24.1 Å². The predicted molar refractivity (Wildman–Crippen MR) is 117 cm³/mol. The fraction of sp³-hybridized carbons (Fsp3) is 0.455. The van der Waals surface area contributed by atoms with Gasteiger partial charge in [0.25, 0.3) is 0 Å². The van der Waals surface area contributed by atoms with Gasteiger partial charge in [-0.3, -0.25) is 0 Å². The predicted octanol–water partition coefficient (Wildman–Crippen LogP) is 5.90. The highest BCUT2D eigenvalue weighted by molar-refractivity contribution is 9.10. The third-order valence-electron chi connectivity index (χ3n) is 5.38. The maximum atomic E-state index is 3.65. The second-order valence-corrected chi connectivity index (χ2v) is 9.04. The largest absolute Gasteiger partial charge is 0.312 e. The minimum absolute atomic E-state index is 0.831. The lowest BCUT2D eigenvalue weighted by atomic mass is 9.82. The van der Waals surface area contributed by atoms with Gasteiger partial charge < -0.3 is 10.6 Å². The van der Waals surface area contributed by atoms with Crippen LogP contribution in [0.25, 0.3) is 0 Å². The minimum atomic E-state index is 0.831. The summed E-state index contributed by atoms with van der Waals surface area (Å²) in [5.74, 6) is 1.66. The zero-order chi connectivity index (χ0) is 18.2. The third-order valence-corrected chi connectivity index (χ3v) is 6.93. The van der Waals surface area contributed by atoms with E-state index in [1.54, 1.807) is 0 Å². The monoisotopic (exact) mass is 478 g/mol. The zero-order valence-corrected chi connectivity index (χ0v) is 18.4. The molecule has 2 N–H and O–H groups in total. The standard InChI is InChI=1S/C22H28Br2N2/c23-21-7-3-1-5-19(21)15-25-13-17-9-11-18(12-10-17)14-26-16-20-6-2-4-8-22(20)24/h1-8,17-18,25-26H,9-16H2. The zero-order valence-electron chi connectivity index (χ0n) is 15.2. The second kappa shape index (κ2) is 10.6. The highest BCUT2D eigenvalue weighted by Crippen LogP contribution is 2.28. The van der Waals surface area contributed by atoms with E-state index in [1.807, 2.05) is 0 Å². The maximum Gasteiger partial charge on any atom is 0.0220 e. The van der Waals surface area contributed by atoms with Crippen LogP contribution in [0.5, 0.6) is 0 Å². The van der Waals surface area contributed by atoms with Crippen LogP contribution in [0.2, 0.25) is 0 Å². The van der Waals surface area contributed by atoms with Crippen LogP contribution in [0.15, 0.2) is 57.5 Å². The van der Waals surface area contributed by atoms with Crippen LogP contribution in [-0.4, -0.2) is 13.1 Å². The first-order chi connectivity index (χ1) is 12.7. The Labute approximate surface area is 174 Å². The van der Waals surface area contributed by atoms with Gasteiger partial charge in [0.15, 0.2) is 0 Å². The van der Waals surface area contributed by atoms with Crippen LogP contribution >= 0.6 is 31.9 Å². The average Bonchev–Trinajstić information content (AvgIpc) is 2.66. The van der Waals surface area contributed by atoms with Crippen LogP contribution in [-0.2, 0) is 13.1 Å². The molecule has 1 aliphatic rings. The van der Waals surface area contributed by atoms with Gasteiger partial charge in [-0.1, -0.05) is 68.3 Å². The van der Waals surface area contributed by atoms with Crippen LogP contribution in [0.3, 0.4) is 0 Å². The molecule has 3 rings (SSSR count). The SMILES string of the molecule is Brc1ccccc1CNCC1CCC(CNCc2ccccc2Br)CC1. The summed E-state index contributed by atoms with van der Waals surface area (Å²) in [7, 11) is 0. The molecule has 0 heterocycles. The number of rotatable bonds is 8. The molecule has 4 heteroatoms. The Morgan fingerprint density at radius 3 is 1.42 bits per heavy atom. The van der Waals surface area contributed by atoms with Crippen LogP contribution in [0.1, 0.15) is 36.8 Å². The molecule has 0 atom stereocenters. The first kappa shape index (κ1) is 20.1. The molecule has 0 aromatic heterocycles. The van der Waals surface area contributed by atoms with Gasteiger partial charge in [-0.2, -0.15) is 0 Å². The molecule has 0 amide bonds. The number of nitrogens with one attached hydrogen (secondary N) is 2. The lowest BCUT2D eigenvalue weighted by Crippen LogP contribution is -2.30. The van der Waals surface area contributed by atoms with Gasteiger partial charge in [-0.25, -0.2) is 0 Å². The summed E-state index contributed by atoms with van der Waals surface area (Å²) in [6.45, 7) is 4.18. The summed E-state index contributed by atoms with van der Waals surface area (Å²) in [4.78, 5) is 0. The van der Waals surface area contributed by atoms with Crippen molar-refractivity contribution in [1.29, 1.82) is 0 Å². The van der Waals surface area contributed by atoms with Crippen LogP contribution < -0.4 is 10.6 Å².